The Bertz CT molecular complexity index is 1070. The van der Waals surface area contributed by atoms with Crippen LogP contribution in [0.25, 0.3) is 22.2 Å². The third kappa shape index (κ3) is 2.86. The number of aromatic nitrogens is 3. The smallest absolute Gasteiger partial charge is 0.0990 e. The molecule has 2 aromatic carbocycles. The Hall–Kier alpha value is -2.85. The van der Waals surface area contributed by atoms with Crippen molar-refractivity contribution in [1.82, 2.24) is 19.7 Å². The highest BCUT2D eigenvalue weighted by Gasteiger charge is 2.24. The Morgan fingerprint density at radius 3 is 2.70 bits per heavy atom. The van der Waals surface area contributed by atoms with Gasteiger partial charge in [0.15, 0.2) is 0 Å². The molecule has 0 saturated heterocycles. The predicted octanol–water partition coefficient (Wildman–Crippen LogP) is 4.61. The van der Waals surface area contributed by atoms with E-state index < -0.39 is 0 Å². The minimum atomic E-state index is 0.946. The van der Waals surface area contributed by atoms with Gasteiger partial charge in [-0.3, -0.25) is 10.00 Å². The Balaban J connectivity index is 1.52. The second-order valence-electron chi connectivity index (χ2n) is 7.32. The molecule has 2 aromatic heterocycles. The molecule has 4 aromatic rings. The van der Waals surface area contributed by atoms with E-state index in [-0.39, 0.29) is 0 Å². The highest BCUT2D eigenvalue weighted by molar-refractivity contribution is 5.96. The van der Waals surface area contributed by atoms with Gasteiger partial charge in [0, 0.05) is 66.5 Å². The molecule has 0 amide bonds. The fraction of sp³-hybridized carbons (Fsp3) is 0.261. The number of para-hydroxylation sites is 1. The Morgan fingerprint density at radius 2 is 1.85 bits per heavy atom. The summed E-state index contributed by atoms with van der Waals surface area (Å²) < 4.78 is 2.32. The number of H-pyrrole nitrogens is 1. The number of nitrogens with zero attached hydrogens (tertiary/aromatic N) is 3. The summed E-state index contributed by atoms with van der Waals surface area (Å²) in [6.45, 7) is 6.16. The van der Waals surface area contributed by atoms with Crippen molar-refractivity contribution in [2.75, 3.05) is 6.54 Å². The molecule has 0 bridgehead atoms. The molecule has 1 aliphatic rings. The van der Waals surface area contributed by atoms with Gasteiger partial charge in [-0.2, -0.15) is 5.10 Å². The molecule has 1 N–H and O–H groups in total. The molecule has 4 nitrogen and oxygen atoms in total. The molecule has 5 rings (SSSR count). The molecular weight excluding hydrogens is 332 g/mol. The zero-order valence-electron chi connectivity index (χ0n) is 15.7. The topological polar surface area (TPSA) is 36.9 Å². The molecule has 3 heterocycles. The summed E-state index contributed by atoms with van der Waals surface area (Å²) in [5.74, 6) is 0. The number of fused-ring (bicyclic) bond motifs is 2. The van der Waals surface area contributed by atoms with Gasteiger partial charge in [-0.05, 0) is 18.6 Å². The van der Waals surface area contributed by atoms with Crippen LogP contribution in [-0.4, -0.2) is 26.2 Å². The standard InChI is InChI=1S/C23H24N4/c1-2-27-16-19(18-10-6-7-11-22(18)27)23-20-15-26(13-12-21(20)24-25-23)14-17-8-4-3-5-9-17/h3-11,16H,2,12-15H2,1H3,(H,24,25). The lowest BCUT2D eigenvalue weighted by molar-refractivity contribution is 0.245. The van der Waals surface area contributed by atoms with Crippen molar-refractivity contribution in [3.8, 4) is 11.3 Å². The van der Waals surface area contributed by atoms with Crippen molar-refractivity contribution < 1.29 is 0 Å². The first kappa shape index (κ1) is 16.3. The van der Waals surface area contributed by atoms with E-state index in [2.05, 4.69) is 82.3 Å². The average Bonchev–Trinajstić information content (AvgIpc) is 3.29. The quantitative estimate of drug-likeness (QED) is 0.580. The minimum Gasteiger partial charge on any atom is -0.347 e. The fourth-order valence-corrected chi connectivity index (χ4v) is 4.25. The van der Waals surface area contributed by atoms with Crippen LogP contribution in [0.15, 0.2) is 60.8 Å². The van der Waals surface area contributed by atoms with Crippen LogP contribution in [-0.2, 0) is 26.1 Å². The van der Waals surface area contributed by atoms with Crippen LogP contribution in [0.4, 0.5) is 0 Å². The monoisotopic (exact) mass is 356 g/mol. The lowest BCUT2D eigenvalue weighted by atomic mass is 10.00. The molecule has 27 heavy (non-hydrogen) atoms. The van der Waals surface area contributed by atoms with E-state index in [1.807, 2.05) is 0 Å². The maximum absolute atomic E-state index is 4.74. The summed E-state index contributed by atoms with van der Waals surface area (Å²) in [5.41, 5.74) is 7.66. The van der Waals surface area contributed by atoms with Gasteiger partial charge < -0.3 is 4.57 Å². The van der Waals surface area contributed by atoms with Crippen LogP contribution in [0.2, 0.25) is 0 Å². The zero-order chi connectivity index (χ0) is 18.2. The number of aryl methyl sites for hydroxylation is 1. The molecule has 0 fully saturated rings. The Kier molecular flexibility index (Phi) is 4.06. The van der Waals surface area contributed by atoms with Crippen molar-refractivity contribution in [2.45, 2.75) is 33.0 Å². The fourth-order valence-electron chi connectivity index (χ4n) is 4.25. The van der Waals surface area contributed by atoms with Crippen LogP contribution >= 0.6 is 0 Å². The Morgan fingerprint density at radius 1 is 1.04 bits per heavy atom. The highest BCUT2D eigenvalue weighted by atomic mass is 15.2. The van der Waals surface area contributed by atoms with E-state index in [1.54, 1.807) is 0 Å². The van der Waals surface area contributed by atoms with Crippen molar-refractivity contribution in [2.24, 2.45) is 0 Å². The van der Waals surface area contributed by atoms with Gasteiger partial charge in [-0.25, -0.2) is 0 Å². The van der Waals surface area contributed by atoms with E-state index in [9.17, 15) is 0 Å². The third-order valence-electron chi connectivity index (χ3n) is 5.65. The van der Waals surface area contributed by atoms with Gasteiger partial charge in [0.25, 0.3) is 0 Å². The summed E-state index contributed by atoms with van der Waals surface area (Å²) in [5, 5.41) is 9.34. The minimum absolute atomic E-state index is 0.946. The van der Waals surface area contributed by atoms with Crippen LogP contribution in [0.5, 0.6) is 0 Å². The molecule has 136 valence electrons. The molecule has 4 heteroatoms. The number of rotatable bonds is 4. The van der Waals surface area contributed by atoms with Gasteiger partial charge in [0.05, 0.1) is 5.69 Å². The number of hydrogen-bond acceptors (Lipinski definition) is 2. The summed E-state index contributed by atoms with van der Waals surface area (Å²) in [6, 6.07) is 19.4. The molecule has 0 spiro atoms. The first-order chi connectivity index (χ1) is 13.3. The van der Waals surface area contributed by atoms with Crippen molar-refractivity contribution in [1.29, 1.82) is 0 Å². The number of benzene rings is 2. The summed E-state index contributed by atoms with van der Waals surface area (Å²) in [4.78, 5) is 2.52. The third-order valence-corrected chi connectivity index (χ3v) is 5.65. The lowest BCUT2D eigenvalue weighted by Crippen LogP contribution is -2.29. The lowest BCUT2D eigenvalue weighted by Gasteiger charge is -2.27. The van der Waals surface area contributed by atoms with E-state index in [0.29, 0.717) is 0 Å². The Labute approximate surface area is 159 Å². The van der Waals surface area contributed by atoms with Gasteiger partial charge in [-0.1, -0.05) is 48.5 Å². The molecule has 0 unspecified atom stereocenters. The van der Waals surface area contributed by atoms with Gasteiger partial charge in [0.2, 0.25) is 0 Å². The van der Waals surface area contributed by atoms with E-state index in [4.69, 9.17) is 5.10 Å². The van der Waals surface area contributed by atoms with Crippen molar-refractivity contribution >= 4 is 10.9 Å². The normalized spacial score (nSPS) is 14.6. The van der Waals surface area contributed by atoms with E-state index in [1.165, 1.54) is 33.3 Å². The second-order valence-corrected chi connectivity index (χ2v) is 7.32. The van der Waals surface area contributed by atoms with Crippen LogP contribution < -0.4 is 0 Å². The maximum Gasteiger partial charge on any atom is 0.0990 e. The van der Waals surface area contributed by atoms with Crippen molar-refractivity contribution in [3.05, 3.63) is 77.6 Å². The molecule has 0 radical (unpaired) electrons. The van der Waals surface area contributed by atoms with Gasteiger partial charge in [-0.15, -0.1) is 0 Å². The maximum atomic E-state index is 4.74. The summed E-state index contributed by atoms with van der Waals surface area (Å²) in [6.07, 6.45) is 3.29. The molecule has 1 aliphatic heterocycles. The largest absolute Gasteiger partial charge is 0.347 e. The molecule has 0 saturated carbocycles. The number of nitrogens with one attached hydrogen (secondary N) is 1. The number of hydrogen-bond donors (Lipinski definition) is 1. The van der Waals surface area contributed by atoms with Crippen LogP contribution in [0.1, 0.15) is 23.7 Å². The number of aromatic amines is 1. The SMILES string of the molecule is CCn1cc(-c2n[nH]c3c2CN(Cc2ccccc2)CC3)c2ccccc21. The van der Waals surface area contributed by atoms with Crippen LogP contribution in [0, 0.1) is 0 Å². The average molecular weight is 356 g/mol. The van der Waals surface area contributed by atoms with Gasteiger partial charge in [0.1, 0.15) is 0 Å². The predicted molar refractivity (Wildman–Crippen MR) is 109 cm³/mol. The van der Waals surface area contributed by atoms with E-state index in [0.717, 1.165) is 38.3 Å². The molecular formula is C23H24N4. The van der Waals surface area contributed by atoms with E-state index >= 15 is 0 Å². The first-order valence-electron chi connectivity index (χ1n) is 9.74. The second kappa shape index (κ2) is 6.71. The van der Waals surface area contributed by atoms with Gasteiger partial charge >= 0.3 is 0 Å². The zero-order valence-corrected chi connectivity index (χ0v) is 15.7. The highest BCUT2D eigenvalue weighted by Crippen LogP contribution is 2.34. The summed E-state index contributed by atoms with van der Waals surface area (Å²) >= 11 is 0. The molecule has 0 atom stereocenters. The van der Waals surface area contributed by atoms with Crippen LogP contribution in [0.3, 0.4) is 0 Å². The molecule has 0 aliphatic carbocycles. The van der Waals surface area contributed by atoms with Crippen molar-refractivity contribution in [3.63, 3.8) is 0 Å². The first-order valence-corrected chi connectivity index (χ1v) is 9.74. The summed E-state index contributed by atoms with van der Waals surface area (Å²) in [7, 11) is 0.